The molecule has 0 bridgehead atoms. The van der Waals surface area contributed by atoms with Crippen molar-refractivity contribution in [1.29, 1.82) is 0 Å². The fraction of sp³-hybridized carbons (Fsp3) is 0.643. The Morgan fingerprint density at radius 1 is 0.800 bits per heavy atom. The van der Waals surface area contributed by atoms with Gasteiger partial charge in [0.25, 0.3) is 0 Å². The minimum atomic E-state index is 0.0836. The van der Waals surface area contributed by atoms with E-state index in [1.807, 2.05) is 23.1 Å². The van der Waals surface area contributed by atoms with Gasteiger partial charge in [0.15, 0.2) is 0 Å². The van der Waals surface area contributed by atoms with Gasteiger partial charge in [-0.05, 0) is 12.1 Å². The van der Waals surface area contributed by atoms with Gasteiger partial charge >= 0.3 is 0 Å². The van der Waals surface area contributed by atoms with Gasteiger partial charge < -0.3 is 15.3 Å². The van der Waals surface area contributed by atoms with Crippen molar-refractivity contribution in [2.75, 3.05) is 52.5 Å². The number of pyridine rings is 1. The minimum Gasteiger partial charge on any atom is -0.395 e. The molecule has 0 amide bonds. The highest BCUT2D eigenvalue weighted by molar-refractivity contribution is 5.03. The van der Waals surface area contributed by atoms with Crippen LogP contribution in [0.1, 0.15) is 5.69 Å². The molecular weight excluding hydrogens is 258 g/mol. The van der Waals surface area contributed by atoms with Gasteiger partial charge in [-0.1, -0.05) is 6.07 Å². The van der Waals surface area contributed by atoms with Gasteiger partial charge in [-0.3, -0.25) is 14.8 Å². The summed E-state index contributed by atoms with van der Waals surface area (Å²) in [4.78, 5) is 8.40. The van der Waals surface area contributed by atoms with Crippen molar-refractivity contribution in [3.8, 4) is 0 Å². The van der Waals surface area contributed by atoms with E-state index in [9.17, 15) is 0 Å². The second-order valence-corrected chi connectivity index (χ2v) is 4.61. The van der Waals surface area contributed by atoms with Crippen molar-refractivity contribution in [2.45, 2.75) is 6.54 Å². The summed E-state index contributed by atoms with van der Waals surface area (Å²) in [6.45, 7) is 4.16. The third-order valence-electron chi connectivity index (χ3n) is 3.09. The van der Waals surface area contributed by atoms with E-state index in [0.29, 0.717) is 26.2 Å². The van der Waals surface area contributed by atoms with E-state index < -0.39 is 0 Å². The van der Waals surface area contributed by atoms with Crippen LogP contribution in [0.15, 0.2) is 24.4 Å². The van der Waals surface area contributed by atoms with Gasteiger partial charge in [0.2, 0.25) is 0 Å². The monoisotopic (exact) mass is 283 g/mol. The summed E-state index contributed by atoms with van der Waals surface area (Å²) >= 11 is 0. The molecule has 0 radical (unpaired) electrons. The largest absolute Gasteiger partial charge is 0.395 e. The molecule has 1 aromatic heterocycles. The highest BCUT2D eigenvalue weighted by Crippen LogP contribution is 2.01. The number of hydrogen-bond donors (Lipinski definition) is 3. The highest BCUT2D eigenvalue weighted by atomic mass is 16.3. The Morgan fingerprint density at radius 3 is 1.95 bits per heavy atom. The summed E-state index contributed by atoms with van der Waals surface area (Å²) < 4.78 is 0. The zero-order chi connectivity index (χ0) is 14.6. The first-order valence-corrected chi connectivity index (χ1v) is 6.97. The maximum absolute atomic E-state index is 9.13. The van der Waals surface area contributed by atoms with Crippen molar-refractivity contribution in [3.63, 3.8) is 0 Å². The summed E-state index contributed by atoms with van der Waals surface area (Å²) in [6.07, 6.45) is 1.76. The highest BCUT2D eigenvalue weighted by Gasteiger charge is 2.09. The first-order valence-electron chi connectivity index (χ1n) is 6.97. The lowest BCUT2D eigenvalue weighted by molar-refractivity contribution is 0.130. The fourth-order valence-electron chi connectivity index (χ4n) is 2.03. The van der Waals surface area contributed by atoms with Crippen LogP contribution in [-0.2, 0) is 6.54 Å². The Kier molecular flexibility index (Phi) is 9.10. The molecule has 0 aromatic carbocycles. The van der Waals surface area contributed by atoms with Crippen LogP contribution in [0.3, 0.4) is 0 Å². The quantitative estimate of drug-likeness (QED) is 0.491. The summed E-state index contributed by atoms with van der Waals surface area (Å²) in [5, 5.41) is 27.1. The Balaban J connectivity index is 2.45. The lowest BCUT2D eigenvalue weighted by atomic mass is 10.3. The Morgan fingerprint density at radius 2 is 1.40 bits per heavy atom. The number of rotatable bonds is 11. The molecule has 114 valence electrons. The van der Waals surface area contributed by atoms with Crippen molar-refractivity contribution in [2.24, 2.45) is 0 Å². The molecule has 0 spiro atoms. The SMILES string of the molecule is OCCN(CCO)CCN(CCO)Cc1ccccn1. The van der Waals surface area contributed by atoms with Crippen LogP contribution in [0.2, 0.25) is 0 Å². The molecule has 20 heavy (non-hydrogen) atoms. The topological polar surface area (TPSA) is 80.1 Å². The third-order valence-corrected chi connectivity index (χ3v) is 3.09. The number of aliphatic hydroxyl groups excluding tert-OH is 3. The molecule has 1 rings (SSSR count). The zero-order valence-corrected chi connectivity index (χ0v) is 11.9. The summed E-state index contributed by atoms with van der Waals surface area (Å²) in [6, 6.07) is 5.79. The number of aromatic nitrogens is 1. The molecule has 1 heterocycles. The van der Waals surface area contributed by atoms with Crippen LogP contribution in [-0.4, -0.2) is 82.6 Å². The molecule has 1 aromatic rings. The van der Waals surface area contributed by atoms with E-state index in [2.05, 4.69) is 9.88 Å². The third kappa shape index (κ3) is 6.93. The van der Waals surface area contributed by atoms with Crippen molar-refractivity contribution < 1.29 is 15.3 Å². The number of hydrogen-bond acceptors (Lipinski definition) is 6. The standard InChI is InChI=1S/C14H25N3O3/c18-10-7-16(8-11-19)5-6-17(9-12-20)13-14-3-1-2-4-15-14/h1-4,18-20H,5-13H2. The maximum Gasteiger partial charge on any atom is 0.0558 e. The first-order chi connectivity index (χ1) is 9.80. The second kappa shape index (κ2) is 10.7. The molecule has 0 atom stereocenters. The van der Waals surface area contributed by atoms with Crippen molar-refractivity contribution >= 4 is 0 Å². The first kappa shape index (κ1) is 17.0. The molecule has 0 aliphatic rings. The minimum absolute atomic E-state index is 0.0836. The molecular formula is C14H25N3O3. The van der Waals surface area contributed by atoms with Crippen molar-refractivity contribution in [3.05, 3.63) is 30.1 Å². The average molecular weight is 283 g/mol. The molecule has 0 fully saturated rings. The summed E-state index contributed by atoms with van der Waals surface area (Å²) in [7, 11) is 0. The predicted octanol–water partition coefficient (Wildman–Crippen LogP) is -0.837. The van der Waals surface area contributed by atoms with E-state index >= 15 is 0 Å². The van der Waals surface area contributed by atoms with Crippen LogP contribution >= 0.6 is 0 Å². The average Bonchev–Trinajstić information content (AvgIpc) is 2.46. The van der Waals surface area contributed by atoms with Crippen LogP contribution in [0, 0.1) is 0 Å². The molecule has 0 saturated heterocycles. The van der Waals surface area contributed by atoms with E-state index in [0.717, 1.165) is 18.8 Å². The molecule has 0 saturated carbocycles. The predicted molar refractivity (Wildman–Crippen MR) is 77.2 cm³/mol. The lowest BCUT2D eigenvalue weighted by Crippen LogP contribution is -2.38. The van der Waals surface area contributed by atoms with Crippen molar-refractivity contribution in [1.82, 2.24) is 14.8 Å². The molecule has 3 N–H and O–H groups in total. The van der Waals surface area contributed by atoms with Crippen LogP contribution < -0.4 is 0 Å². The van der Waals surface area contributed by atoms with E-state index in [4.69, 9.17) is 15.3 Å². The zero-order valence-electron chi connectivity index (χ0n) is 11.9. The normalized spacial score (nSPS) is 11.4. The lowest BCUT2D eigenvalue weighted by Gasteiger charge is -2.26. The van der Waals surface area contributed by atoms with Gasteiger partial charge in [-0.2, -0.15) is 0 Å². The van der Waals surface area contributed by atoms with Crippen LogP contribution in [0.4, 0.5) is 0 Å². The summed E-state index contributed by atoms with van der Waals surface area (Å²) in [5.74, 6) is 0. The van der Waals surface area contributed by atoms with E-state index in [-0.39, 0.29) is 19.8 Å². The fourth-order valence-corrected chi connectivity index (χ4v) is 2.03. The van der Waals surface area contributed by atoms with Gasteiger partial charge in [0.05, 0.1) is 25.5 Å². The molecule has 0 aliphatic carbocycles. The smallest absolute Gasteiger partial charge is 0.0558 e. The van der Waals surface area contributed by atoms with Gasteiger partial charge in [-0.25, -0.2) is 0 Å². The van der Waals surface area contributed by atoms with Gasteiger partial charge in [-0.15, -0.1) is 0 Å². The number of aliphatic hydroxyl groups is 3. The van der Waals surface area contributed by atoms with Crippen LogP contribution in [0.5, 0.6) is 0 Å². The molecule has 0 aliphatic heterocycles. The molecule has 6 nitrogen and oxygen atoms in total. The maximum atomic E-state index is 9.13. The molecule has 6 heteroatoms. The van der Waals surface area contributed by atoms with E-state index in [1.54, 1.807) is 6.20 Å². The van der Waals surface area contributed by atoms with E-state index in [1.165, 1.54) is 0 Å². The second-order valence-electron chi connectivity index (χ2n) is 4.61. The summed E-state index contributed by atoms with van der Waals surface area (Å²) in [5.41, 5.74) is 0.969. The van der Waals surface area contributed by atoms with Crippen LogP contribution in [0.25, 0.3) is 0 Å². The molecule has 0 unspecified atom stereocenters. The van der Waals surface area contributed by atoms with Gasteiger partial charge in [0, 0.05) is 45.5 Å². The number of nitrogens with zero attached hydrogens (tertiary/aromatic N) is 3. The Hall–Kier alpha value is -1.05. The Labute approximate surface area is 120 Å². The Bertz CT molecular complexity index is 332. The van der Waals surface area contributed by atoms with Gasteiger partial charge in [0.1, 0.15) is 0 Å².